The highest BCUT2D eigenvalue weighted by molar-refractivity contribution is 5.96. The molecule has 8 heteroatoms. The van der Waals surface area contributed by atoms with Crippen LogP contribution in [0.25, 0.3) is 11.3 Å². The molecule has 2 aromatic carbocycles. The number of halogens is 2. The number of hydrogen-bond acceptors (Lipinski definition) is 4. The van der Waals surface area contributed by atoms with E-state index in [4.69, 9.17) is 10.00 Å². The zero-order chi connectivity index (χ0) is 24.1. The van der Waals surface area contributed by atoms with Gasteiger partial charge in [-0.25, -0.2) is 8.78 Å². The molecule has 2 heterocycles. The van der Waals surface area contributed by atoms with Crippen LogP contribution in [0.3, 0.4) is 0 Å². The van der Waals surface area contributed by atoms with Crippen LogP contribution in [-0.4, -0.2) is 15.5 Å². The van der Waals surface area contributed by atoms with Gasteiger partial charge in [-0.2, -0.15) is 5.26 Å². The second-order valence-corrected chi connectivity index (χ2v) is 7.60. The number of benzene rings is 2. The molecule has 4 aromatic rings. The van der Waals surface area contributed by atoms with Gasteiger partial charge in [-0.3, -0.25) is 9.78 Å². The number of amides is 1. The van der Waals surface area contributed by atoms with Gasteiger partial charge < -0.3 is 14.6 Å². The summed E-state index contributed by atoms with van der Waals surface area (Å²) in [5.41, 5.74) is 2.85. The number of nitrogens with zero attached hydrogens (tertiary/aromatic N) is 3. The van der Waals surface area contributed by atoms with Crippen molar-refractivity contribution in [3.8, 4) is 28.8 Å². The number of pyridine rings is 1. The molecule has 0 radical (unpaired) electrons. The minimum Gasteiger partial charge on any atom is -0.457 e. The molecule has 6 nitrogen and oxygen atoms in total. The molecule has 0 fully saturated rings. The largest absolute Gasteiger partial charge is 0.457 e. The first-order valence-corrected chi connectivity index (χ1v) is 10.4. The van der Waals surface area contributed by atoms with Crippen LogP contribution in [0.15, 0.2) is 73.2 Å². The smallest absolute Gasteiger partial charge is 0.251 e. The Morgan fingerprint density at radius 2 is 1.94 bits per heavy atom. The van der Waals surface area contributed by atoms with Crippen LogP contribution in [0.4, 0.5) is 8.78 Å². The van der Waals surface area contributed by atoms with Crippen molar-refractivity contribution in [3.63, 3.8) is 0 Å². The van der Waals surface area contributed by atoms with Crippen LogP contribution < -0.4 is 10.1 Å². The van der Waals surface area contributed by atoms with Gasteiger partial charge in [0.15, 0.2) is 0 Å². The van der Waals surface area contributed by atoms with Crippen molar-refractivity contribution in [2.75, 3.05) is 0 Å². The summed E-state index contributed by atoms with van der Waals surface area (Å²) in [6, 6.07) is 15.7. The summed E-state index contributed by atoms with van der Waals surface area (Å²) in [6.45, 7) is 1.99. The molecule has 2 aromatic heterocycles. The lowest BCUT2D eigenvalue weighted by Gasteiger charge is -2.13. The van der Waals surface area contributed by atoms with E-state index in [-0.39, 0.29) is 19.0 Å². The predicted molar refractivity (Wildman–Crippen MR) is 122 cm³/mol. The highest BCUT2D eigenvalue weighted by Crippen LogP contribution is 2.29. The lowest BCUT2D eigenvalue weighted by molar-refractivity contribution is 0.0950. The number of nitriles is 1. The van der Waals surface area contributed by atoms with Crippen LogP contribution in [0.2, 0.25) is 0 Å². The summed E-state index contributed by atoms with van der Waals surface area (Å²) in [5, 5.41) is 11.5. The summed E-state index contributed by atoms with van der Waals surface area (Å²) in [4.78, 5) is 17.1. The van der Waals surface area contributed by atoms with E-state index in [9.17, 15) is 13.6 Å². The first kappa shape index (κ1) is 22.7. The van der Waals surface area contributed by atoms with Crippen molar-refractivity contribution in [2.24, 2.45) is 0 Å². The summed E-state index contributed by atoms with van der Waals surface area (Å²) in [6.07, 6.45) is 5.25. The molecule has 0 unspecified atom stereocenters. The van der Waals surface area contributed by atoms with E-state index in [1.165, 1.54) is 12.1 Å². The molecule has 1 N–H and O–H groups in total. The molecule has 1 amide bonds. The number of ether oxygens (including phenoxy) is 1. The summed E-state index contributed by atoms with van der Waals surface area (Å²) in [7, 11) is 0. The second kappa shape index (κ2) is 9.96. The third kappa shape index (κ3) is 5.27. The number of carbonyl (C=O) groups is 1. The summed E-state index contributed by atoms with van der Waals surface area (Å²) >= 11 is 0. The number of nitrogens with one attached hydrogen (secondary N) is 1. The molecule has 0 atom stereocenters. The number of rotatable bonds is 7. The maximum atomic E-state index is 13.4. The average Bonchev–Trinajstić information content (AvgIpc) is 3.27. The minimum atomic E-state index is -0.700. The quantitative estimate of drug-likeness (QED) is 0.403. The third-order valence-electron chi connectivity index (χ3n) is 5.16. The van der Waals surface area contributed by atoms with Gasteiger partial charge in [0.2, 0.25) is 0 Å². The maximum Gasteiger partial charge on any atom is 0.251 e. The molecule has 0 aliphatic carbocycles. The lowest BCUT2D eigenvalue weighted by Crippen LogP contribution is -2.23. The monoisotopic (exact) mass is 458 g/mol. The van der Waals surface area contributed by atoms with E-state index >= 15 is 0 Å². The van der Waals surface area contributed by atoms with E-state index in [1.807, 2.05) is 12.3 Å². The molecule has 0 saturated carbocycles. The Balaban J connectivity index is 1.49. The first-order valence-electron chi connectivity index (χ1n) is 10.4. The van der Waals surface area contributed by atoms with Crippen molar-refractivity contribution in [1.29, 1.82) is 5.26 Å². The Labute approximate surface area is 195 Å². The Morgan fingerprint density at radius 3 is 2.71 bits per heavy atom. The minimum absolute atomic E-state index is 0.0167. The molecule has 0 spiro atoms. The van der Waals surface area contributed by atoms with Crippen LogP contribution in [0, 0.1) is 29.9 Å². The standard InChI is InChI=1S/C26H20F2N4O2/c1-17-23(26(33)31-15-18-11-20(27)13-21(28)12-18)3-2-4-25(17)34-22-5-8-30-24(14-22)19-6-9-32(16-19)10-7-29/h2-6,8-9,11-14,16H,10,15H2,1H3,(H,31,33). The molecule has 0 aliphatic heterocycles. The molecule has 0 saturated heterocycles. The van der Waals surface area contributed by atoms with Crippen molar-refractivity contribution in [1.82, 2.24) is 14.9 Å². The van der Waals surface area contributed by atoms with E-state index in [2.05, 4.69) is 16.4 Å². The first-order chi connectivity index (χ1) is 16.4. The number of aromatic nitrogens is 2. The van der Waals surface area contributed by atoms with Crippen molar-refractivity contribution >= 4 is 5.91 Å². The topological polar surface area (TPSA) is 79.9 Å². The zero-order valence-corrected chi connectivity index (χ0v) is 18.3. The Kier molecular flexibility index (Phi) is 6.64. The molecule has 0 aliphatic rings. The zero-order valence-electron chi connectivity index (χ0n) is 18.3. The highest BCUT2D eigenvalue weighted by Gasteiger charge is 2.14. The fourth-order valence-electron chi connectivity index (χ4n) is 3.49. The van der Waals surface area contributed by atoms with Gasteiger partial charge in [-0.15, -0.1) is 0 Å². The van der Waals surface area contributed by atoms with Gasteiger partial charge in [0.25, 0.3) is 5.91 Å². The van der Waals surface area contributed by atoms with Gasteiger partial charge in [-0.1, -0.05) is 6.07 Å². The Bertz CT molecular complexity index is 1370. The lowest BCUT2D eigenvalue weighted by atomic mass is 10.1. The van der Waals surface area contributed by atoms with E-state index in [0.29, 0.717) is 33.9 Å². The van der Waals surface area contributed by atoms with Gasteiger partial charge in [0.05, 0.1) is 11.8 Å². The van der Waals surface area contributed by atoms with Gasteiger partial charge in [0.1, 0.15) is 29.7 Å². The molecule has 4 rings (SSSR count). The third-order valence-corrected chi connectivity index (χ3v) is 5.16. The van der Waals surface area contributed by atoms with Crippen LogP contribution in [0.5, 0.6) is 11.5 Å². The fourth-order valence-corrected chi connectivity index (χ4v) is 3.49. The number of carbonyl (C=O) groups excluding carboxylic acids is 1. The van der Waals surface area contributed by atoms with E-state index < -0.39 is 11.6 Å². The summed E-state index contributed by atoms with van der Waals surface area (Å²) < 4.78 is 34.6. The Morgan fingerprint density at radius 1 is 1.15 bits per heavy atom. The van der Waals surface area contributed by atoms with Crippen LogP contribution in [-0.2, 0) is 13.1 Å². The van der Waals surface area contributed by atoms with Crippen molar-refractivity contribution in [3.05, 3.63) is 102 Å². The summed E-state index contributed by atoms with van der Waals surface area (Å²) in [5.74, 6) is -0.761. The SMILES string of the molecule is Cc1c(Oc2ccnc(-c3ccn(CC#N)c3)c2)cccc1C(=O)NCc1cc(F)cc(F)c1. The fraction of sp³-hybridized carbons (Fsp3) is 0.115. The van der Waals surface area contributed by atoms with Gasteiger partial charge >= 0.3 is 0 Å². The van der Waals surface area contributed by atoms with E-state index in [1.54, 1.807) is 54.2 Å². The normalized spacial score (nSPS) is 10.5. The molecular formula is C26H20F2N4O2. The molecule has 34 heavy (non-hydrogen) atoms. The molecule has 170 valence electrons. The molecule has 0 bridgehead atoms. The maximum absolute atomic E-state index is 13.4. The highest BCUT2D eigenvalue weighted by atomic mass is 19.1. The average molecular weight is 458 g/mol. The van der Waals surface area contributed by atoms with Crippen LogP contribution >= 0.6 is 0 Å². The van der Waals surface area contributed by atoms with Gasteiger partial charge in [0, 0.05) is 54.0 Å². The predicted octanol–water partition coefficient (Wildman–Crippen LogP) is 5.38. The van der Waals surface area contributed by atoms with Crippen molar-refractivity contribution in [2.45, 2.75) is 20.0 Å². The number of hydrogen-bond donors (Lipinski definition) is 1. The van der Waals surface area contributed by atoms with Crippen LogP contribution in [0.1, 0.15) is 21.5 Å². The van der Waals surface area contributed by atoms with Crippen molar-refractivity contribution < 1.29 is 18.3 Å². The second-order valence-electron chi connectivity index (χ2n) is 7.60. The van der Waals surface area contributed by atoms with Gasteiger partial charge in [-0.05, 0) is 48.9 Å². The Hall–Kier alpha value is -4.51. The van der Waals surface area contributed by atoms with E-state index in [0.717, 1.165) is 11.6 Å². The molecular weight excluding hydrogens is 438 g/mol.